The van der Waals surface area contributed by atoms with Crippen molar-refractivity contribution in [2.45, 2.75) is 25.6 Å². The molecule has 1 atom stereocenters. The standard InChI is InChI=1S/C11H15BrN2O.ClH/c12-11-4-3-9(6-14-11)8-15-10-2-1-5-13-7-10;/h3-4,6,10,13H,1-2,5,7-8H2;1H/t10-;/m1./s1. The minimum Gasteiger partial charge on any atom is -0.372 e. The van der Waals surface area contributed by atoms with E-state index >= 15 is 0 Å². The summed E-state index contributed by atoms with van der Waals surface area (Å²) in [7, 11) is 0. The van der Waals surface area contributed by atoms with E-state index in [0.29, 0.717) is 12.7 Å². The molecule has 0 saturated carbocycles. The number of ether oxygens (including phenoxy) is 1. The summed E-state index contributed by atoms with van der Waals surface area (Å²) >= 11 is 3.31. The second-order valence-electron chi connectivity index (χ2n) is 3.77. The average Bonchev–Trinajstić information content (AvgIpc) is 2.30. The molecule has 1 aliphatic heterocycles. The van der Waals surface area contributed by atoms with Gasteiger partial charge < -0.3 is 10.1 Å². The molecule has 0 radical (unpaired) electrons. The fourth-order valence-electron chi connectivity index (χ4n) is 1.67. The lowest BCUT2D eigenvalue weighted by molar-refractivity contribution is 0.0251. The van der Waals surface area contributed by atoms with Gasteiger partial charge in [-0.2, -0.15) is 0 Å². The summed E-state index contributed by atoms with van der Waals surface area (Å²) in [5.41, 5.74) is 1.13. The highest BCUT2D eigenvalue weighted by Gasteiger charge is 2.12. The predicted molar refractivity (Wildman–Crippen MR) is 69.9 cm³/mol. The number of nitrogens with one attached hydrogen (secondary N) is 1. The van der Waals surface area contributed by atoms with Gasteiger partial charge in [0.25, 0.3) is 0 Å². The molecule has 0 aliphatic carbocycles. The van der Waals surface area contributed by atoms with Crippen molar-refractivity contribution in [3.8, 4) is 0 Å². The maximum Gasteiger partial charge on any atom is 0.106 e. The molecule has 2 heterocycles. The Morgan fingerprint density at radius 1 is 1.50 bits per heavy atom. The number of pyridine rings is 1. The molecule has 16 heavy (non-hydrogen) atoms. The van der Waals surface area contributed by atoms with Crippen LogP contribution in [-0.2, 0) is 11.3 Å². The molecule has 0 amide bonds. The summed E-state index contributed by atoms with van der Waals surface area (Å²) < 4.78 is 6.66. The summed E-state index contributed by atoms with van der Waals surface area (Å²) in [5, 5.41) is 3.33. The average molecular weight is 308 g/mol. The van der Waals surface area contributed by atoms with Gasteiger partial charge in [0.05, 0.1) is 12.7 Å². The Morgan fingerprint density at radius 2 is 2.38 bits per heavy atom. The van der Waals surface area contributed by atoms with Crippen molar-refractivity contribution in [1.82, 2.24) is 10.3 Å². The van der Waals surface area contributed by atoms with Gasteiger partial charge in [0, 0.05) is 12.7 Å². The first kappa shape index (κ1) is 13.9. The number of halogens is 2. The van der Waals surface area contributed by atoms with E-state index in [0.717, 1.165) is 29.7 Å². The summed E-state index contributed by atoms with van der Waals surface area (Å²) in [5.74, 6) is 0. The molecular formula is C11H16BrClN2O. The smallest absolute Gasteiger partial charge is 0.106 e. The van der Waals surface area contributed by atoms with Crippen LogP contribution < -0.4 is 5.32 Å². The van der Waals surface area contributed by atoms with E-state index in [1.165, 1.54) is 6.42 Å². The summed E-state index contributed by atoms with van der Waals surface area (Å²) in [6, 6.07) is 3.98. The van der Waals surface area contributed by atoms with Gasteiger partial charge in [-0.3, -0.25) is 0 Å². The Labute approximate surface area is 111 Å². The first-order valence-corrected chi connectivity index (χ1v) is 6.06. The molecule has 0 aromatic carbocycles. The number of hydrogen-bond acceptors (Lipinski definition) is 3. The molecule has 3 nitrogen and oxygen atoms in total. The van der Waals surface area contributed by atoms with E-state index in [-0.39, 0.29) is 12.4 Å². The maximum atomic E-state index is 5.79. The van der Waals surface area contributed by atoms with Crippen molar-refractivity contribution >= 4 is 28.3 Å². The first-order chi connectivity index (χ1) is 7.34. The van der Waals surface area contributed by atoms with Gasteiger partial charge in [-0.15, -0.1) is 12.4 Å². The van der Waals surface area contributed by atoms with Gasteiger partial charge in [-0.05, 0) is 46.9 Å². The van der Waals surface area contributed by atoms with Crippen LogP contribution in [0.3, 0.4) is 0 Å². The molecule has 1 aromatic heterocycles. The van der Waals surface area contributed by atoms with E-state index in [4.69, 9.17) is 4.74 Å². The van der Waals surface area contributed by atoms with E-state index in [1.807, 2.05) is 18.3 Å². The molecule has 90 valence electrons. The Balaban J connectivity index is 0.00000128. The summed E-state index contributed by atoms with van der Waals surface area (Å²) in [6.45, 7) is 2.76. The highest BCUT2D eigenvalue weighted by Crippen LogP contribution is 2.11. The zero-order valence-electron chi connectivity index (χ0n) is 8.99. The third-order valence-corrected chi connectivity index (χ3v) is 3.00. The number of hydrogen-bond donors (Lipinski definition) is 1. The van der Waals surface area contributed by atoms with E-state index < -0.39 is 0 Å². The van der Waals surface area contributed by atoms with E-state index in [2.05, 4.69) is 26.2 Å². The fraction of sp³-hybridized carbons (Fsp3) is 0.545. The Bertz CT molecular complexity index is 301. The van der Waals surface area contributed by atoms with Crippen molar-refractivity contribution in [1.29, 1.82) is 0 Å². The minimum absolute atomic E-state index is 0. The molecular weight excluding hydrogens is 291 g/mol. The first-order valence-electron chi connectivity index (χ1n) is 5.27. The SMILES string of the molecule is Brc1ccc(CO[C@@H]2CCCNC2)cn1.Cl. The van der Waals surface area contributed by atoms with Gasteiger partial charge in [-0.1, -0.05) is 6.07 Å². The molecule has 1 aliphatic rings. The van der Waals surface area contributed by atoms with Crippen LogP contribution in [0.25, 0.3) is 0 Å². The Morgan fingerprint density at radius 3 is 3.00 bits per heavy atom. The fourth-order valence-corrected chi connectivity index (χ4v) is 1.90. The third-order valence-electron chi connectivity index (χ3n) is 2.53. The number of rotatable bonds is 3. The van der Waals surface area contributed by atoms with Crippen LogP contribution in [-0.4, -0.2) is 24.2 Å². The highest BCUT2D eigenvalue weighted by atomic mass is 79.9. The van der Waals surface area contributed by atoms with Gasteiger partial charge in [-0.25, -0.2) is 4.98 Å². The molecule has 2 rings (SSSR count). The number of nitrogens with zero attached hydrogens (tertiary/aromatic N) is 1. The van der Waals surface area contributed by atoms with Crippen LogP contribution in [0, 0.1) is 0 Å². The largest absolute Gasteiger partial charge is 0.372 e. The maximum absolute atomic E-state index is 5.79. The van der Waals surface area contributed by atoms with Crippen molar-refractivity contribution in [2.75, 3.05) is 13.1 Å². The topological polar surface area (TPSA) is 34.1 Å². The lowest BCUT2D eigenvalue weighted by Gasteiger charge is -2.22. The number of aromatic nitrogens is 1. The summed E-state index contributed by atoms with van der Waals surface area (Å²) in [4.78, 5) is 4.16. The molecule has 1 fully saturated rings. The van der Waals surface area contributed by atoms with Crippen molar-refractivity contribution in [2.24, 2.45) is 0 Å². The molecule has 0 unspecified atom stereocenters. The van der Waals surface area contributed by atoms with Gasteiger partial charge >= 0.3 is 0 Å². The summed E-state index contributed by atoms with van der Waals surface area (Å²) in [6.07, 6.45) is 4.59. The van der Waals surface area contributed by atoms with Crippen LogP contribution in [0.1, 0.15) is 18.4 Å². The normalized spacial score (nSPS) is 20.2. The van der Waals surface area contributed by atoms with Crippen molar-refractivity contribution < 1.29 is 4.74 Å². The van der Waals surface area contributed by atoms with Crippen LogP contribution in [0.5, 0.6) is 0 Å². The monoisotopic (exact) mass is 306 g/mol. The van der Waals surface area contributed by atoms with E-state index in [1.54, 1.807) is 0 Å². The molecule has 5 heteroatoms. The Hall–Kier alpha value is -0.160. The van der Waals surface area contributed by atoms with Gasteiger partial charge in [0.2, 0.25) is 0 Å². The number of piperidine rings is 1. The molecule has 0 bridgehead atoms. The predicted octanol–water partition coefficient (Wildman–Crippen LogP) is 2.53. The Kier molecular flexibility index (Phi) is 6.28. The van der Waals surface area contributed by atoms with Gasteiger partial charge in [0.15, 0.2) is 0 Å². The second kappa shape index (κ2) is 7.22. The zero-order chi connectivity index (χ0) is 10.5. The third kappa shape index (κ3) is 4.37. The quantitative estimate of drug-likeness (QED) is 0.872. The van der Waals surface area contributed by atoms with Crippen molar-refractivity contribution in [3.05, 3.63) is 28.5 Å². The molecule has 1 N–H and O–H groups in total. The van der Waals surface area contributed by atoms with Gasteiger partial charge in [0.1, 0.15) is 4.60 Å². The lowest BCUT2D eigenvalue weighted by atomic mass is 10.1. The molecule has 0 spiro atoms. The van der Waals surface area contributed by atoms with Crippen LogP contribution in [0.2, 0.25) is 0 Å². The van der Waals surface area contributed by atoms with Crippen LogP contribution in [0.15, 0.2) is 22.9 Å². The highest BCUT2D eigenvalue weighted by molar-refractivity contribution is 9.10. The zero-order valence-corrected chi connectivity index (χ0v) is 11.4. The molecule has 1 aromatic rings. The molecule has 1 saturated heterocycles. The minimum atomic E-state index is 0. The van der Waals surface area contributed by atoms with E-state index in [9.17, 15) is 0 Å². The second-order valence-corrected chi connectivity index (χ2v) is 4.58. The van der Waals surface area contributed by atoms with Crippen LogP contribution >= 0.6 is 28.3 Å². The van der Waals surface area contributed by atoms with Crippen molar-refractivity contribution in [3.63, 3.8) is 0 Å². The lowest BCUT2D eigenvalue weighted by Crippen LogP contribution is -2.35. The van der Waals surface area contributed by atoms with Crippen LogP contribution in [0.4, 0.5) is 0 Å².